The number of aliphatic hydroxyl groups excluding tert-OH is 1. The lowest BCUT2D eigenvalue weighted by molar-refractivity contribution is 0.269. The predicted molar refractivity (Wildman–Crippen MR) is 92.5 cm³/mol. The van der Waals surface area contributed by atoms with Crippen molar-refractivity contribution in [1.29, 1.82) is 0 Å². The molecule has 0 bridgehead atoms. The van der Waals surface area contributed by atoms with Crippen molar-refractivity contribution in [3.05, 3.63) is 51.7 Å². The molecule has 3 aromatic heterocycles. The van der Waals surface area contributed by atoms with Crippen LogP contribution in [0.4, 0.5) is 10.1 Å². The number of pyridine rings is 2. The van der Waals surface area contributed by atoms with Crippen LogP contribution in [0.3, 0.4) is 0 Å². The topological polar surface area (TPSA) is 110 Å². The molecule has 8 heteroatoms. The molecule has 4 N–H and O–H groups in total. The summed E-state index contributed by atoms with van der Waals surface area (Å²) in [5, 5.41) is 9.44. The summed E-state index contributed by atoms with van der Waals surface area (Å²) in [6.45, 7) is 3.83. The normalized spacial score (nSPS) is 11.6. The van der Waals surface area contributed by atoms with E-state index < -0.39 is 11.4 Å². The van der Waals surface area contributed by atoms with Gasteiger partial charge in [0.1, 0.15) is 11.3 Å². The first kappa shape index (κ1) is 17.1. The van der Waals surface area contributed by atoms with E-state index in [9.17, 15) is 14.3 Å². The molecule has 0 aliphatic carbocycles. The minimum atomic E-state index is -0.521. The second-order valence-electron chi connectivity index (χ2n) is 6.39. The van der Waals surface area contributed by atoms with Crippen LogP contribution in [0, 0.1) is 11.7 Å². The Hall–Kier alpha value is -2.74. The highest BCUT2D eigenvalue weighted by molar-refractivity contribution is 5.77. The number of hydrogen-bond donors (Lipinski definition) is 3. The van der Waals surface area contributed by atoms with Gasteiger partial charge in [-0.05, 0) is 24.5 Å². The van der Waals surface area contributed by atoms with Crippen LogP contribution in [-0.4, -0.2) is 24.6 Å². The fourth-order valence-electron chi connectivity index (χ4n) is 2.78. The largest absolute Gasteiger partial charge is 0.394 e. The van der Waals surface area contributed by atoms with Crippen molar-refractivity contribution >= 4 is 16.7 Å². The molecular weight excluding hydrogens is 325 g/mol. The van der Waals surface area contributed by atoms with E-state index in [1.165, 1.54) is 10.6 Å². The highest BCUT2D eigenvalue weighted by Crippen LogP contribution is 2.20. The summed E-state index contributed by atoms with van der Waals surface area (Å²) >= 11 is 0. The second kappa shape index (κ2) is 6.64. The molecule has 0 aromatic carbocycles. The first-order valence-electron chi connectivity index (χ1n) is 8.01. The molecule has 0 aliphatic heterocycles. The Bertz CT molecular complexity index is 977. The van der Waals surface area contributed by atoms with Crippen molar-refractivity contribution in [2.24, 2.45) is 5.92 Å². The Balaban J connectivity index is 2.08. The van der Waals surface area contributed by atoms with Gasteiger partial charge in [0.2, 0.25) is 0 Å². The Morgan fingerprint density at radius 1 is 1.40 bits per heavy atom. The molecule has 3 aromatic rings. The van der Waals surface area contributed by atoms with Gasteiger partial charge in [0, 0.05) is 5.69 Å². The summed E-state index contributed by atoms with van der Waals surface area (Å²) in [7, 11) is 0. The number of nitrogens with two attached hydrogens (primary N) is 1. The maximum atomic E-state index is 14.1. The standard InChI is InChI=1S/C17H20FN5O2/c1-9(2)5-13-16-15(11(18)6-20-13)21-14(22-16)7-23-10(8-24)3-4-12(19)17(23)25/h3-4,6,9,24H,5,7-8,19H2,1-2H3,(H,21,22). The number of nitrogens with one attached hydrogen (secondary N) is 1. The van der Waals surface area contributed by atoms with Gasteiger partial charge in [0.25, 0.3) is 5.56 Å². The summed E-state index contributed by atoms with van der Waals surface area (Å²) in [4.78, 5) is 23.7. The van der Waals surface area contributed by atoms with E-state index in [2.05, 4.69) is 15.0 Å². The van der Waals surface area contributed by atoms with Crippen LogP contribution in [-0.2, 0) is 19.6 Å². The number of aliphatic hydroxyl groups is 1. The molecule has 132 valence electrons. The minimum Gasteiger partial charge on any atom is -0.394 e. The van der Waals surface area contributed by atoms with Gasteiger partial charge in [-0.15, -0.1) is 0 Å². The fourth-order valence-corrected chi connectivity index (χ4v) is 2.78. The lowest BCUT2D eigenvalue weighted by atomic mass is 10.1. The zero-order chi connectivity index (χ0) is 18.1. The van der Waals surface area contributed by atoms with Gasteiger partial charge < -0.3 is 20.4 Å². The first-order valence-corrected chi connectivity index (χ1v) is 8.01. The van der Waals surface area contributed by atoms with Crippen molar-refractivity contribution in [2.75, 3.05) is 5.73 Å². The van der Waals surface area contributed by atoms with Crippen molar-refractivity contribution in [2.45, 2.75) is 33.4 Å². The molecule has 0 aliphatic rings. The molecule has 3 heterocycles. The van der Waals surface area contributed by atoms with E-state index in [1.807, 2.05) is 13.8 Å². The number of nitrogen functional groups attached to an aromatic ring is 1. The average Bonchev–Trinajstić information content (AvgIpc) is 2.99. The Kier molecular flexibility index (Phi) is 4.54. The highest BCUT2D eigenvalue weighted by atomic mass is 19.1. The summed E-state index contributed by atoms with van der Waals surface area (Å²) in [6, 6.07) is 3.03. The van der Waals surface area contributed by atoms with Crippen LogP contribution in [0.5, 0.6) is 0 Å². The van der Waals surface area contributed by atoms with E-state index in [4.69, 9.17) is 5.73 Å². The average molecular weight is 345 g/mol. The monoisotopic (exact) mass is 345 g/mol. The Morgan fingerprint density at radius 3 is 2.84 bits per heavy atom. The number of nitrogens with zero attached hydrogens (tertiary/aromatic N) is 3. The van der Waals surface area contributed by atoms with Crippen molar-refractivity contribution < 1.29 is 9.50 Å². The number of fused-ring (bicyclic) bond motifs is 1. The number of hydrogen-bond acceptors (Lipinski definition) is 5. The van der Waals surface area contributed by atoms with E-state index in [0.717, 1.165) is 11.9 Å². The quantitative estimate of drug-likeness (QED) is 0.650. The van der Waals surface area contributed by atoms with E-state index >= 15 is 0 Å². The highest BCUT2D eigenvalue weighted by Gasteiger charge is 2.16. The summed E-state index contributed by atoms with van der Waals surface area (Å²) in [5.74, 6) is 0.229. The molecule has 25 heavy (non-hydrogen) atoms. The van der Waals surface area contributed by atoms with Crippen molar-refractivity contribution in [3.8, 4) is 0 Å². The molecule has 0 fully saturated rings. The van der Waals surface area contributed by atoms with Crippen LogP contribution >= 0.6 is 0 Å². The number of halogens is 1. The smallest absolute Gasteiger partial charge is 0.274 e. The van der Waals surface area contributed by atoms with Gasteiger partial charge >= 0.3 is 0 Å². The Morgan fingerprint density at radius 2 is 2.16 bits per heavy atom. The van der Waals surface area contributed by atoms with Gasteiger partial charge in [0.15, 0.2) is 5.82 Å². The molecule has 0 radical (unpaired) electrons. The number of H-pyrrole nitrogens is 1. The maximum Gasteiger partial charge on any atom is 0.274 e. The lowest BCUT2D eigenvalue weighted by Crippen LogP contribution is -2.26. The second-order valence-corrected chi connectivity index (χ2v) is 6.39. The third-order valence-corrected chi connectivity index (χ3v) is 3.97. The number of anilines is 1. The minimum absolute atomic E-state index is 0.0506. The van der Waals surface area contributed by atoms with Crippen LogP contribution in [0.2, 0.25) is 0 Å². The van der Waals surface area contributed by atoms with E-state index in [1.54, 1.807) is 6.07 Å². The van der Waals surface area contributed by atoms with Gasteiger partial charge in [-0.25, -0.2) is 9.37 Å². The number of rotatable bonds is 5. The number of aromatic amines is 1. The molecule has 0 spiro atoms. The zero-order valence-corrected chi connectivity index (χ0v) is 14.1. The van der Waals surface area contributed by atoms with Gasteiger partial charge in [0.05, 0.1) is 36.2 Å². The van der Waals surface area contributed by atoms with Crippen molar-refractivity contribution in [3.63, 3.8) is 0 Å². The van der Waals surface area contributed by atoms with Crippen molar-refractivity contribution in [1.82, 2.24) is 19.5 Å². The third-order valence-electron chi connectivity index (χ3n) is 3.97. The molecule has 3 rings (SSSR count). The zero-order valence-electron chi connectivity index (χ0n) is 14.1. The van der Waals surface area contributed by atoms with Crippen LogP contribution in [0.1, 0.15) is 31.1 Å². The van der Waals surface area contributed by atoms with Gasteiger partial charge in [-0.1, -0.05) is 13.8 Å². The Labute approximate surface area is 143 Å². The predicted octanol–water partition coefficient (Wildman–Crippen LogP) is 1.58. The van der Waals surface area contributed by atoms with Crippen LogP contribution in [0.25, 0.3) is 11.0 Å². The first-order chi connectivity index (χ1) is 11.9. The van der Waals surface area contributed by atoms with Crippen LogP contribution in [0.15, 0.2) is 23.1 Å². The van der Waals surface area contributed by atoms with E-state index in [0.29, 0.717) is 29.4 Å². The van der Waals surface area contributed by atoms with E-state index in [-0.39, 0.29) is 24.4 Å². The maximum absolute atomic E-state index is 14.1. The summed E-state index contributed by atoms with van der Waals surface area (Å²) in [5.41, 5.74) is 7.17. The van der Waals surface area contributed by atoms with Gasteiger partial charge in [-0.2, -0.15) is 0 Å². The molecule has 0 saturated heterocycles. The fraction of sp³-hybridized carbons (Fsp3) is 0.353. The SMILES string of the molecule is CC(C)Cc1ncc(F)c2nc(Cn3c(CO)ccc(N)c3=O)[nH]c12. The van der Waals surface area contributed by atoms with Gasteiger partial charge in [-0.3, -0.25) is 9.78 Å². The number of imidazole rings is 1. The molecule has 0 atom stereocenters. The third kappa shape index (κ3) is 3.25. The summed E-state index contributed by atoms with van der Waals surface area (Å²) < 4.78 is 15.4. The molecule has 7 nitrogen and oxygen atoms in total. The number of aromatic nitrogens is 4. The molecule has 0 saturated carbocycles. The molecular formula is C17H20FN5O2. The lowest BCUT2D eigenvalue weighted by Gasteiger charge is -2.10. The summed E-state index contributed by atoms with van der Waals surface area (Å²) in [6.07, 6.45) is 1.84. The molecule has 0 amide bonds. The van der Waals surface area contributed by atoms with Crippen LogP contribution < -0.4 is 11.3 Å². The molecule has 0 unspecified atom stereocenters.